The quantitative estimate of drug-likeness (QED) is 0.365. The van der Waals surface area contributed by atoms with E-state index >= 15 is 0 Å². The Morgan fingerprint density at radius 1 is 1.56 bits per heavy atom. The van der Waals surface area contributed by atoms with Gasteiger partial charge in [0.2, 0.25) is 0 Å². The Balaban J connectivity index is 3.41. The molecule has 0 bridgehead atoms. The maximum Gasteiger partial charge on any atom is 0.146 e. The number of amidine groups is 1. The van der Waals surface area contributed by atoms with Gasteiger partial charge in [-0.15, -0.1) is 11.6 Å². The number of halogens is 4. The van der Waals surface area contributed by atoms with E-state index in [1.807, 2.05) is 0 Å². The SMILES string of the molecule is COc1cc(Br)c(Cl)c(Br)c1N=C(N)CCl. The molecule has 3 nitrogen and oxygen atoms in total. The maximum atomic E-state index is 6.05. The fourth-order valence-corrected chi connectivity index (χ4v) is 2.37. The van der Waals surface area contributed by atoms with Gasteiger partial charge in [0.15, 0.2) is 0 Å². The van der Waals surface area contributed by atoms with Gasteiger partial charge in [0.1, 0.15) is 17.3 Å². The third kappa shape index (κ3) is 3.03. The molecule has 0 aliphatic rings. The van der Waals surface area contributed by atoms with Gasteiger partial charge in [-0.05, 0) is 37.9 Å². The number of alkyl halides is 1. The fourth-order valence-electron chi connectivity index (χ4n) is 0.997. The molecule has 0 atom stereocenters. The molecule has 16 heavy (non-hydrogen) atoms. The molecule has 1 aromatic rings. The van der Waals surface area contributed by atoms with E-state index in [-0.39, 0.29) is 5.88 Å². The minimum atomic E-state index is 0.142. The van der Waals surface area contributed by atoms with E-state index in [0.29, 0.717) is 31.2 Å². The van der Waals surface area contributed by atoms with Crippen LogP contribution in [-0.2, 0) is 0 Å². The van der Waals surface area contributed by atoms with E-state index in [1.165, 1.54) is 7.11 Å². The molecule has 0 aromatic heterocycles. The highest BCUT2D eigenvalue weighted by Crippen LogP contribution is 2.44. The van der Waals surface area contributed by atoms with Gasteiger partial charge in [0, 0.05) is 4.47 Å². The molecule has 2 N–H and O–H groups in total. The van der Waals surface area contributed by atoms with E-state index in [4.69, 9.17) is 33.7 Å². The zero-order chi connectivity index (χ0) is 12.3. The van der Waals surface area contributed by atoms with Gasteiger partial charge in [0.25, 0.3) is 0 Å². The molecule has 0 fully saturated rings. The van der Waals surface area contributed by atoms with E-state index in [9.17, 15) is 0 Å². The van der Waals surface area contributed by atoms with Crippen LogP contribution in [0.3, 0.4) is 0 Å². The number of aliphatic imine (C=N–C) groups is 1. The van der Waals surface area contributed by atoms with Crippen LogP contribution in [0.15, 0.2) is 20.0 Å². The van der Waals surface area contributed by atoms with E-state index in [2.05, 4.69) is 36.9 Å². The van der Waals surface area contributed by atoms with Crippen molar-refractivity contribution in [2.24, 2.45) is 10.7 Å². The molecular weight excluding hydrogens is 383 g/mol. The largest absolute Gasteiger partial charge is 0.494 e. The van der Waals surface area contributed by atoms with Crippen molar-refractivity contribution in [3.05, 3.63) is 20.0 Å². The first-order valence-electron chi connectivity index (χ1n) is 4.11. The molecule has 0 amide bonds. The Bertz CT molecular complexity index is 438. The predicted molar refractivity (Wildman–Crippen MR) is 75.4 cm³/mol. The third-order valence-electron chi connectivity index (χ3n) is 1.71. The minimum absolute atomic E-state index is 0.142. The lowest BCUT2D eigenvalue weighted by Crippen LogP contribution is -2.12. The average Bonchev–Trinajstić information content (AvgIpc) is 2.29. The Morgan fingerprint density at radius 3 is 2.69 bits per heavy atom. The van der Waals surface area contributed by atoms with Crippen LogP contribution in [0.25, 0.3) is 0 Å². The Kier molecular flexibility index (Phi) is 5.37. The molecule has 0 radical (unpaired) electrons. The molecule has 1 rings (SSSR count). The highest BCUT2D eigenvalue weighted by Gasteiger charge is 2.14. The summed E-state index contributed by atoms with van der Waals surface area (Å²) in [6.45, 7) is 0. The molecule has 0 saturated heterocycles. The summed E-state index contributed by atoms with van der Waals surface area (Å²) in [7, 11) is 1.54. The van der Waals surface area contributed by atoms with Crippen molar-refractivity contribution in [3.63, 3.8) is 0 Å². The van der Waals surface area contributed by atoms with E-state index < -0.39 is 0 Å². The second-order valence-electron chi connectivity index (χ2n) is 2.77. The topological polar surface area (TPSA) is 47.6 Å². The summed E-state index contributed by atoms with van der Waals surface area (Å²) >= 11 is 18.3. The van der Waals surface area contributed by atoms with Crippen LogP contribution in [0.1, 0.15) is 0 Å². The molecule has 0 spiro atoms. The van der Waals surface area contributed by atoms with Crippen molar-refractivity contribution >= 4 is 66.6 Å². The lowest BCUT2D eigenvalue weighted by Gasteiger charge is -2.10. The lowest BCUT2D eigenvalue weighted by molar-refractivity contribution is 0.415. The number of ether oxygens (including phenoxy) is 1. The zero-order valence-corrected chi connectivity index (χ0v) is 12.9. The molecule has 0 unspecified atom stereocenters. The van der Waals surface area contributed by atoms with Crippen molar-refractivity contribution in [2.45, 2.75) is 0 Å². The van der Waals surface area contributed by atoms with Gasteiger partial charge < -0.3 is 10.5 Å². The van der Waals surface area contributed by atoms with Crippen LogP contribution in [0, 0.1) is 0 Å². The van der Waals surface area contributed by atoms with Crippen LogP contribution >= 0.6 is 55.1 Å². The van der Waals surface area contributed by atoms with Gasteiger partial charge in [-0.3, -0.25) is 0 Å². The zero-order valence-electron chi connectivity index (χ0n) is 8.23. The first kappa shape index (κ1) is 14.1. The van der Waals surface area contributed by atoms with Crippen molar-refractivity contribution in [3.8, 4) is 5.75 Å². The molecular formula is C9H8Br2Cl2N2O. The summed E-state index contributed by atoms with van der Waals surface area (Å²) < 4.78 is 6.50. The summed E-state index contributed by atoms with van der Waals surface area (Å²) in [4.78, 5) is 4.14. The van der Waals surface area contributed by atoms with Gasteiger partial charge in [-0.2, -0.15) is 0 Å². The number of nitrogens with two attached hydrogens (primary N) is 1. The smallest absolute Gasteiger partial charge is 0.146 e. The van der Waals surface area contributed by atoms with E-state index in [0.717, 1.165) is 0 Å². The summed E-state index contributed by atoms with van der Waals surface area (Å²) in [5.74, 6) is 0.985. The van der Waals surface area contributed by atoms with Crippen molar-refractivity contribution in [1.29, 1.82) is 0 Å². The normalized spacial score (nSPS) is 11.7. The number of nitrogens with zero attached hydrogens (tertiary/aromatic N) is 1. The van der Waals surface area contributed by atoms with Gasteiger partial charge in [-0.25, -0.2) is 4.99 Å². The van der Waals surface area contributed by atoms with Gasteiger partial charge in [-0.1, -0.05) is 11.6 Å². The van der Waals surface area contributed by atoms with Crippen molar-refractivity contribution in [1.82, 2.24) is 0 Å². The summed E-state index contributed by atoms with van der Waals surface area (Å²) in [5, 5.41) is 0.502. The molecule has 88 valence electrons. The summed E-state index contributed by atoms with van der Waals surface area (Å²) in [6, 6.07) is 1.72. The summed E-state index contributed by atoms with van der Waals surface area (Å²) in [5.41, 5.74) is 6.09. The van der Waals surface area contributed by atoms with Crippen LogP contribution < -0.4 is 10.5 Å². The Labute approximate surface area is 120 Å². The second kappa shape index (κ2) is 6.10. The fraction of sp³-hybridized carbons (Fsp3) is 0.222. The van der Waals surface area contributed by atoms with Crippen LogP contribution in [-0.4, -0.2) is 18.8 Å². The lowest BCUT2D eigenvalue weighted by atomic mass is 10.3. The summed E-state index contributed by atoms with van der Waals surface area (Å²) in [6.07, 6.45) is 0. The van der Waals surface area contributed by atoms with Gasteiger partial charge >= 0.3 is 0 Å². The van der Waals surface area contributed by atoms with Crippen LogP contribution in [0.2, 0.25) is 5.02 Å². The third-order valence-corrected chi connectivity index (χ3v) is 4.23. The van der Waals surface area contributed by atoms with Crippen molar-refractivity contribution in [2.75, 3.05) is 13.0 Å². The number of benzene rings is 1. The standard InChI is InChI=1S/C9H8Br2Cl2N2O/c1-16-5-2-4(10)8(13)7(11)9(5)15-6(14)3-12/h2H,3H2,1H3,(H2,14,15). The van der Waals surface area contributed by atoms with Crippen LogP contribution in [0.4, 0.5) is 5.69 Å². The van der Waals surface area contributed by atoms with Crippen molar-refractivity contribution < 1.29 is 4.74 Å². The molecule has 7 heteroatoms. The van der Waals surface area contributed by atoms with E-state index in [1.54, 1.807) is 6.07 Å². The highest BCUT2D eigenvalue weighted by molar-refractivity contribution is 9.11. The monoisotopic (exact) mass is 388 g/mol. The number of rotatable bonds is 3. The first-order chi connectivity index (χ1) is 7.51. The molecule has 0 heterocycles. The molecule has 1 aromatic carbocycles. The Hall–Kier alpha value is 0.0300. The first-order valence-corrected chi connectivity index (χ1v) is 6.61. The van der Waals surface area contributed by atoms with Gasteiger partial charge in [0.05, 0.1) is 22.5 Å². The number of hydrogen-bond donors (Lipinski definition) is 1. The predicted octanol–water partition coefficient (Wildman–Crippen LogP) is 4.10. The molecule has 0 saturated carbocycles. The molecule has 0 aliphatic carbocycles. The number of hydrogen-bond acceptors (Lipinski definition) is 2. The Morgan fingerprint density at radius 2 is 2.19 bits per heavy atom. The highest BCUT2D eigenvalue weighted by atomic mass is 79.9. The average molecular weight is 391 g/mol. The van der Waals surface area contributed by atoms with Crippen LogP contribution in [0.5, 0.6) is 5.75 Å². The number of methoxy groups -OCH3 is 1. The molecule has 0 aliphatic heterocycles. The maximum absolute atomic E-state index is 6.05. The minimum Gasteiger partial charge on any atom is -0.494 e. The second-order valence-corrected chi connectivity index (χ2v) is 5.07.